The predicted octanol–water partition coefficient (Wildman–Crippen LogP) is 0.0605. The Morgan fingerprint density at radius 2 is 1.59 bits per heavy atom. The molecular weight excluding hydrogens is 228 g/mol. The topological polar surface area (TPSA) is 85.2 Å². The van der Waals surface area contributed by atoms with Crippen LogP contribution in [-0.4, -0.2) is 54.5 Å². The first kappa shape index (κ1) is 16.3. The van der Waals surface area contributed by atoms with Gasteiger partial charge in [0, 0.05) is 19.6 Å². The zero-order valence-electron chi connectivity index (χ0n) is 10.6. The van der Waals surface area contributed by atoms with Crippen molar-refractivity contribution in [3.63, 3.8) is 0 Å². The minimum Gasteiger partial charge on any atom is -0.464 e. The molecule has 0 aliphatic heterocycles. The van der Waals surface area contributed by atoms with Crippen LogP contribution in [0.1, 0.15) is 27.2 Å². The van der Waals surface area contributed by atoms with Crippen molar-refractivity contribution in [1.29, 1.82) is 0 Å². The summed E-state index contributed by atoms with van der Waals surface area (Å²) >= 11 is 0. The molecule has 0 saturated heterocycles. The van der Waals surface area contributed by atoms with Crippen molar-refractivity contribution in [2.75, 3.05) is 19.8 Å². The van der Waals surface area contributed by atoms with Gasteiger partial charge in [-0.1, -0.05) is 0 Å². The summed E-state index contributed by atoms with van der Waals surface area (Å²) in [6.07, 6.45) is -3.46. The summed E-state index contributed by atoms with van der Waals surface area (Å²) in [5.74, 6) is -0.841. The lowest BCUT2D eigenvalue weighted by Crippen LogP contribution is -2.38. The van der Waals surface area contributed by atoms with Crippen LogP contribution in [0, 0.1) is 0 Å². The molecule has 17 heavy (non-hydrogen) atoms. The summed E-state index contributed by atoms with van der Waals surface area (Å²) < 4.78 is 15.0. The Kier molecular flexibility index (Phi) is 8.97. The largest absolute Gasteiger partial charge is 0.464 e. The lowest BCUT2D eigenvalue weighted by atomic mass is 10.1. The standard InChI is InChI=1S/C11H22O6/c1-4-15-9(16-5-2)7-8(12)10(13)11(14)17-6-3/h8-10,12-13H,4-7H2,1-3H3/t8-,10?/m1/s1. The molecule has 0 aliphatic rings. The molecule has 0 aromatic heterocycles. The normalized spacial score (nSPS) is 14.7. The van der Waals surface area contributed by atoms with Gasteiger partial charge in [-0.05, 0) is 20.8 Å². The lowest BCUT2D eigenvalue weighted by Gasteiger charge is -2.22. The second-order valence-corrected chi connectivity index (χ2v) is 3.34. The lowest BCUT2D eigenvalue weighted by molar-refractivity contribution is -0.175. The highest BCUT2D eigenvalue weighted by atomic mass is 16.7. The second-order valence-electron chi connectivity index (χ2n) is 3.34. The van der Waals surface area contributed by atoms with E-state index in [1.54, 1.807) is 20.8 Å². The number of carbonyl (C=O) groups is 1. The van der Waals surface area contributed by atoms with E-state index < -0.39 is 24.5 Å². The van der Waals surface area contributed by atoms with E-state index in [1.807, 2.05) is 0 Å². The van der Waals surface area contributed by atoms with E-state index >= 15 is 0 Å². The molecule has 0 spiro atoms. The third-order valence-electron chi connectivity index (χ3n) is 2.03. The number of hydrogen-bond acceptors (Lipinski definition) is 6. The SMILES string of the molecule is CCOC(=O)C(O)[C@H](O)CC(OCC)OCC. The van der Waals surface area contributed by atoms with Crippen LogP contribution in [0.25, 0.3) is 0 Å². The molecular formula is C11H22O6. The number of ether oxygens (including phenoxy) is 3. The molecule has 0 amide bonds. The molecule has 0 bridgehead atoms. The Morgan fingerprint density at radius 3 is 2.00 bits per heavy atom. The number of esters is 1. The van der Waals surface area contributed by atoms with Gasteiger partial charge in [-0.2, -0.15) is 0 Å². The fraction of sp³-hybridized carbons (Fsp3) is 0.909. The maximum Gasteiger partial charge on any atom is 0.337 e. The van der Waals surface area contributed by atoms with Gasteiger partial charge in [0.2, 0.25) is 0 Å². The van der Waals surface area contributed by atoms with Gasteiger partial charge in [-0.25, -0.2) is 4.79 Å². The molecule has 6 heteroatoms. The first-order chi connectivity index (χ1) is 8.06. The summed E-state index contributed by atoms with van der Waals surface area (Å²) in [5, 5.41) is 19.1. The molecule has 2 atom stereocenters. The number of aliphatic hydroxyl groups is 2. The molecule has 0 aliphatic carbocycles. The maximum atomic E-state index is 11.2. The second kappa shape index (κ2) is 9.35. The minimum absolute atomic E-state index is 0.0155. The fourth-order valence-corrected chi connectivity index (χ4v) is 1.27. The average Bonchev–Trinajstić information content (AvgIpc) is 2.29. The Morgan fingerprint density at radius 1 is 1.06 bits per heavy atom. The van der Waals surface area contributed by atoms with Crippen molar-refractivity contribution in [1.82, 2.24) is 0 Å². The summed E-state index contributed by atoms with van der Waals surface area (Å²) in [5.41, 5.74) is 0. The van der Waals surface area contributed by atoms with Crippen LogP contribution in [0.15, 0.2) is 0 Å². The first-order valence-corrected chi connectivity index (χ1v) is 5.82. The minimum atomic E-state index is -1.57. The smallest absolute Gasteiger partial charge is 0.337 e. The van der Waals surface area contributed by atoms with E-state index in [-0.39, 0.29) is 13.0 Å². The van der Waals surface area contributed by atoms with Crippen molar-refractivity contribution in [3.8, 4) is 0 Å². The molecule has 0 aromatic rings. The Balaban J connectivity index is 4.18. The van der Waals surface area contributed by atoms with Crippen LogP contribution in [0.2, 0.25) is 0 Å². The monoisotopic (exact) mass is 250 g/mol. The first-order valence-electron chi connectivity index (χ1n) is 5.82. The van der Waals surface area contributed by atoms with Crippen LogP contribution in [0.4, 0.5) is 0 Å². The van der Waals surface area contributed by atoms with Gasteiger partial charge in [-0.15, -0.1) is 0 Å². The zero-order chi connectivity index (χ0) is 13.3. The fourth-order valence-electron chi connectivity index (χ4n) is 1.27. The van der Waals surface area contributed by atoms with Gasteiger partial charge >= 0.3 is 5.97 Å². The average molecular weight is 250 g/mol. The van der Waals surface area contributed by atoms with Crippen molar-refractivity contribution >= 4 is 5.97 Å². The summed E-state index contributed by atoms with van der Waals surface area (Å²) in [7, 11) is 0. The molecule has 0 aromatic carbocycles. The molecule has 1 unspecified atom stereocenters. The highest BCUT2D eigenvalue weighted by Crippen LogP contribution is 2.09. The molecule has 102 valence electrons. The third-order valence-corrected chi connectivity index (χ3v) is 2.03. The van der Waals surface area contributed by atoms with E-state index in [1.165, 1.54) is 0 Å². The summed E-state index contributed by atoms with van der Waals surface area (Å²) in [4.78, 5) is 11.2. The van der Waals surface area contributed by atoms with Gasteiger partial charge in [0.25, 0.3) is 0 Å². The number of carbonyl (C=O) groups excluding carboxylic acids is 1. The molecule has 6 nitrogen and oxygen atoms in total. The number of hydrogen-bond donors (Lipinski definition) is 2. The van der Waals surface area contributed by atoms with Crippen LogP contribution in [-0.2, 0) is 19.0 Å². The van der Waals surface area contributed by atoms with Crippen molar-refractivity contribution < 1.29 is 29.2 Å². The van der Waals surface area contributed by atoms with Crippen molar-refractivity contribution in [2.45, 2.75) is 45.7 Å². The highest BCUT2D eigenvalue weighted by Gasteiger charge is 2.28. The van der Waals surface area contributed by atoms with Crippen LogP contribution in [0.5, 0.6) is 0 Å². The Labute approximate surface area is 101 Å². The van der Waals surface area contributed by atoms with Crippen molar-refractivity contribution in [3.05, 3.63) is 0 Å². The van der Waals surface area contributed by atoms with Crippen LogP contribution >= 0.6 is 0 Å². The number of rotatable bonds is 9. The van der Waals surface area contributed by atoms with Crippen LogP contribution < -0.4 is 0 Å². The molecule has 0 rings (SSSR count). The molecule has 0 saturated carbocycles. The highest BCUT2D eigenvalue weighted by molar-refractivity contribution is 5.75. The Bertz CT molecular complexity index is 202. The molecule has 0 fully saturated rings. The van der Waals surface area contributed by atoms with E-state index in [4.69, 9.17) is 9.47 Å². The zero-order valence-corrected chi connectivity index (χ0v) is 10.6. The van der Waals surface area contributed by atoms with E-state index in [0.717, 1.165) is 0 Å². The molecule has 0 radical (unpaired) electrons. The predicted molar refractivity (Wildman–Crippen MR) is 60.3 cm³/mol. The van der Waals surface area contributed by atoms with E-state index in [0.29, 0.717) is 13.2 Å². The maximum absolute atomic E-state index is 11.2. The number of aliphatic hydroxyl groups excluding tert-OH is 2. The summed E-state index contributed by atoms with van der Waals surface area (Å²) in [6.45, 7) is 6.21. The van der Waals surface area contributed by atoms with Gasteiger partial charge in [0.15, 0.2) is 12.4 Å². The molecule has 2 N–H and O–H groups in total. The van der Waals surface area contributed by atoms with Gasteiger partial charge in [-0.3, -0.25) is 0 Å². The Hall–Kier alpha value is -0.690. The van der Waals surface area contributed by atoms with Crippen molar-refractivity contribution in [2.24, 2.45) is 0 Å². The van der Waals surface area contributed by atoms with E-state index in [9.17, 15) is 15.0 Å². The van der Waals surface area contributed by atoms with E-state index in [2.05, 4.69) is 4.74 Å². The van der Waals surface area contributed by atoms with Gasteiger partial charge in [0.05, 0.1) is 12.7 Å². The molecule has 0 heterocycles. The quantitative estimate of drug-likeness (QED) is 0.444. The summed E-state index contributed by atoms with van der Waals surface area (Å²) in [6, 6.07) is 0. The van der Waals surface area contributed by atoms with Gasteiger partial charge in [0.1, 0.15) is 0 Å². The van der Waals surface area contributed by atoms with Gasteiger partial charge < -0.3 is 24.4 Å². The van der Waals surface area contributed by atoms with Crippen LogP contribution in [0.3, 0.4) is 0 Å². The third kappa shape index (κ3) is 6.58.